The summed E-state index contributed by atoms with van der Waals surface area (Å²) in [7, 11) is 1.55. The SMILES string of the molecule is CCn1c(C)nc([NH+](C)[O-])c1C. The van der Waals surface area contributed by atoms with Crippen LogP contribution in [0.1, 0.15) is 18.4 Å². The maximum Gasteiger partial charge on any atom is 0.247 e. The second-order valence-electron chi connectivity index (χ2n) is 2.89. The number of quaternary nitrogens is 1. The summed E-state index contributed by atoms with van der Waals surface area (Å²) in [6.45, 7) is 6.77. The summed E-state index contributed by atoms with van der Waals surface area (Å²) in [6.07, 6.45) is 0. The lowest BCUT2D eigenvalue weighted by Crippen LogP contribution is -2.98. The Bertz CT molecular complexity index is 278. The van der Waals surface area contributed by atoms with Gasteiger partial charge in [0.2, 0.25) is 5.82 Å². The molecule has 0 saturated heterocycles. The normalized spacial score (nSPS) is 13.4. The third-order valence-corrected chi connectivity index (χ3v) is 2.06. The van der Waals surface area contributed by atoms with Crippen molar-refractivity contribution in [3.05, 3.63) is 16.7 Å². The van der Waals surface area contributed by atoms with Crippen molar-refractivity contribution < 1.29 is 5.06 Å². The molecule has 0 saturated carbocycles. The van der Waals surface area contributed by atoms with E-state index in [4.69, 9.17) is 0 Å². The lowest BCUT2D eigenvalue weighted by molar-refractivity contribution is -0.754. The van der Waals surface area contributed by atoms with Crippen LogP contribution in [0.2, 0.25) is 0 Å². The van der Waals surface area contributed by atoms with Crippen molar-refractivity contribution >= 4 is 5.82 Å². The van der Waals surface area contributed by atoms with Crippen LogP contribution in [0.4, 0.5) is 5.82 Å². The molecule has 0 radical (unpaired) electrons. The van der Waals surface area contributed by atoms with Crippen LogP contribution in [0.3, 0.4) is 0 Å². The summed E-state index contributed by atoms with van der Waals surface area (Å²) >= 11 is 0. The molecule has 0 aliphatic rings. The Kier molecular flexibility index (Phi) is 2.49. The van der Waals surface area contributed by atoms with Crippen LogP contribution in [-0.2, 0) is 6.54 Å². The molecule has 0 amide bonds. The average molecular weight is 169 g/mol. The second kappa shape index (κ2) is 3.25. The lowest BCUT2D eigenvalue weighted by Gasteiger charge is -2.13. The Hall–Kier alpha value is -0.870. The summed E-state index contributed by atoms with van der Waals surface area (Å²) in [5, 5.41) is 11.1. The molecule has 1 aromatic heterocycles. The molecule has 1 atom stereocenters. The maximum absolute atomic E-state index is 11.1. The minimum Gasteiger partial charge on any atom is -0.628 e. The van der Waals surface area contributed by atoms with E-state index in [0.717, 1.165) is 18.1 Å². The number of aryl methyl sites for hydroxylation is 1. The van der Waals surface area contributed by atoms with Crippen molar-refractivity contribution in [1.82, 2.24) is 9.55 Å². The number of hydrogen-bond acceptors (Lipinski definition) is 2. The summed E-state index contributed by atoms with van der Waals surface area (Å²) in [4.78, 5) is 4.19. The molecule has 0 aliphatic heterocycles. The zero-order valence-corrected chi connectivity index (χ0v) is 8.01. The predicted octanol–water partition coefficient (Wildman–Crippen LogP) is 0.164. The van der Waals surface area contributed by atoms with Crippen LogP contribution in [0.15, 0.2) is 0 Å². The second-order valence-corrected chi connectivity index (χ2v) is 2.89. The fourth-order valence-corrected chi connectivity index (χ4v) is 1.47. The van der Waals surface area contributed by atoms with Gasteiger partial charge < -0.3 is 14.8 Å². The van der Waals surface area contributed by atoms with Crippen molar-refractivity contribution in [3.8, 4) is 0 Å². The number of nitrogens with zero attached hydrogens (tertiary/aromatic N) is 2. The number of hydroxylamine groups is 1. The molecule has 0 fully saturated rings. The molecule has 0 aromatic carbocycles. The number of rotatable bonds is 2. The monoisotopic (exact) mass is 169 g/mol. The Labute approximate surface area is 72.4 Å². The molecule has 1 rings (SSSR count). The van der Waals surface area contributed by atoms with E-state index in [1.165, 1.54) is 0 Å². The van der Waals surface area contributed by atoms with Gasteiger partial charge in [0.25, 0.3) is 0 Å². The van der Waals surface area contributed by atoms with Crippen molar-refractivity contribution in [2.75, 3.05) is 7.05 Å². The summed E-state index contributed by atoms with van der Waals surface area (Å²) < 4.78 is 2.04. The van der Waals surface area contributed by atoms with Gasteiger partial charge in [0.15, 0.2) is 0 Å². The average Bonchev–Trinajstić information content (AvgIpc) is 2.27. The Morgan fingerprint density at radius 3 is 2.33 bits per heavy atom. The van der Waals surface area contributed by atoms with Crippen LogP contribution in [0, 0.1) is 19.1 Å². The highest BCUT2D eigenvalue weighted by molar-refractivity contribution is 5.27. The zero-order chi connectivity index (χ0) is 9.30. The minimum atomic E-state index is 0.0443. The zero-order valence-electron chi connectivity index (χ0n) is 8.01. The molecule has 0 bridgehead atoms. The van der Waals surface area contributed by atoms with Crippen LogP contribution < -0.4 is 5.06 Å². The van der Waals surface area contributed by atoms with Gasteiger partial charge in [-0.1, -0.05) is 0 Å². The van der Waals surface area contributed by atoms with E-state index in [-0.39, 0.29) is 5.06 Å². The van der Waals surface area contributed by atoms with E-state index >= 15 is 0 Å². The van der Waals surface area contributed by atoms with Gasteiger partial charge in [0.05, 0.1) is 12.7 Å². The fraction of sp³-hybridized carbons (Fsp3) is 0.625. The van der Waals surface area contributed by atoms with Gasteiger partial charge in [0.1, 0.15) is 5.82 Å². The minimum absolute atomic E-state index is 0.0443. The molecule has 4 nitrogen and oxygen atoms in total. The van der Waals surface area contributed by atoms with Crippen molar-refractivity contribution in [2.24, 2.45) is 0 Å². The summed E-state index contributed by atoms with van der Waals surface area (Å²) in [5.74, 6) is 1.52. The molecule has 4 heteroatoms. The quantitative estimate of drug-likeness (QED) is 0.641. The van der Waals surface area contributed by atoms with E-state index in [9.17, 15) is 5.21 Å². The fourth-order valence-electron chi connectivity index (χ4n) is 1.47. The van der Waals surface area contributed by atoms with Gasteiger partial charge >= 0.3 is 0 Å². The number of aromatic nitrogens is 2. The van der Waals surface area contributed by atoms with Gasteiger partial charge in [-0.3, -0.25) is 0 Å². The van der Waals surface area contributed by atoms with Crippen molar-refractivity contribution in [3.63, 3.8) is 0 Å². The van der Waals surface area contributed by atoms with Gasteiger partial charge in [-0.15, -0.1) is 0 Å². The largest absolute Gasteiger partial charge is 0.628 e. The van der Waals surface area contributed by atoms with Gasteiger partial charge in [-0.05, 0) is 20.8 Å². The first-order chi connectivity index (χ1) is 5.57. The molecule has 0 spiro atoms. The molecule has 0 aliphatic carbocycles. The van der Waals surface area contributed by atoms with Crippen LogP contribution in [0.25, 0.3) is 0 Å². The van der Waals surface area contributed by atoms with E-state index < -0.39 is 0 Å². The molecule has 1 unspecified atom stereocenters. The Morgan fingerprint density at radius 2 is 2.08 bits per heavy atom. The molecular formula is C8H15N3O. The van der Waals surface area contributed by atoms with Crippen molar-refractivity contribution in [1.29, 1.82) is 0 Å². The number of imidazole rings is 1. The standard InChI is InChI=1S/C8H15N3O/c1-5-11-6(2)8(10(4)12)9-7(11)3/h10H,5H2,1-4H3. The summed E-state index contributed by atoms with van der Waals surface area (Å²) in [6, 6.07) is 0. The molecule has 1 N–H and O–H groups in total. The first-order valence-electron chi connectivity index (χ1n) is 4.12. The predicted molar refractivity (Wildman–Crippen MR) is 47.3 cm³/mol. The Balaban J connectivity index is 3.17. The first-order valence-corrected chi connectivity index (χ1v) is 4.12. The molecule has 68 valence electrons. The highest BCUT2D eigenvalue weighted by Gasteiger charge is 2.12. The first kappa shape index (κ1) is 9.22. The topological polar surface area (TPSA) is 45.3 Å². The molecule has 1 heterocycles. The van der Waals surface area contributed by atoms with Crippen LogP contribution in [0.5, 0.6) is 0 Å². The summed E-state index contributed by atoms with van der Waals surface area (Å²) in [5.41, 5.74) is 0.975. The van der Waals surface area contributed by atoms with Crippen LogP contribution >= 0.6 is 0 Å². The number of nitrogens with one attached hydrogen (secondary N) is 1. The van der Waals surface area contributed by atoms with Crippen LogP contribution in [-0.4, -0.2) is 16.6 Å². The molecular weight excluding hydrogens is 154 g/mol. The van der Waals surface area contributed by atoms with Crippen molar-refractivity contribution in [2.45, 2.75) is 27.3 Å². The highest BCUT2D eigenvalue weighted by atomic mass is 16.5. The van der Waals surface area contributed by atoms with Gasteiger partial charge in [-0.25, -0.2) is 0 Å². The maximum atomic E-state index is 11.1. The van der Waals surface area contributed by atoms with Gasteiger partial charge in [-0.2, -0.15) is 4.98 Å². The molecule has 1 aromatic rings. The van der Waals surface area contributed by atoms with E-state index in [0.29, 0.717) is 5.82 Å². The smallest absolute Gasteiger partial charge is 0.247 e. The van der Waals surface area contributed by atoms with Gasteiger partial charge in [0, 0.05) is 6.54 Å². The third kappa shape index (κ3) is 1.35. The number of hydrogen-bond donors (Lipinski definition) is 1. The molecule has 12 heavy (non-hydrogen) atoms. The highest BCUT2D eigenvalue weighted by Crippen LogP contribution is 2.10. The third-order valence-electron chi connectivity index (χ3n) is 2.06. The van der Waals surface area contributed by atoms with E-state index in [1.54, 1.807) is 7.05 Å². The lowest BCUT2D eigenvalue weighted by atomic mass is 10.4. The Morgan fingerprint density at radius 1 is 1.50 bits per heavy atom. The van der Waals surface area contributed by atoms with E-state index in [2.05, 4.69) is 4.98 Å². The van der Waals surface area contributed by atoms with E-state index in [1.807, 2.05) is 25.3 Å².